The molecule has 1 N–H and O–H groups in total. The summed E-state index contributed by atoms with van der Waals surface area (Å²) in [4.78, 5) is 20.9. The number of carboxylic acid groups (broad SMARTS) is 1. The van der Waals surface area contributed by atoms with Gasteiger partial charge in [-0.1, -0.05) is 30.3 Å². The second-order valence-electron chi connectivity index (χ2n) is 10.3. The van der Waals surface area contributed by atoms with Crippen LogP contribution in [0.1, 0.15) is 36.5 Å². The second-order valence-corrected chi connectivity index (χ2v) is 12.8. The van der Waals surface area contributed by atoms with Crippen LogP contribution in [0.25, 0.3) is 11.3 Å². The van der Waals surface area contributed by atoms with E-state index in [-0.39, 0.29) is 12.0 Å². The average molecular weight is 554 g/mol. The molecule has 2 aliphatic rings. The van der Waals surface area contributed by atoms with Crippen molar-refractivity contribution in [1.29, 1.82) is 0 Å². The number of benzene rings is 2. The van der Waals surface area contributed by atoms with Gasteiger partial charge in [0.1, 0.15) is 12.4 Å². The van der Waals surface area contributed by atoms with Crippen LogP contribution < -0.4 is 9.64 Å². The predicted molar refractivity (Wildman–Crippen MR) is 153 cm³/mol. The zero-order valence-electron chi connectivity index (χ0n) is 22.0. The van der Waals surface area contributed by atoms with Crippen molar-refractivity contribution in [3.05, 3.63) is 64.5 Å². The van der Waals surface area contributed by atoms with Gasteiger partial charge in [0.15, 0.2) is 5.13 Å². The summed E-state index contributed by atoms with van der Waals surface area (Å²) in [7, 11) is -0.653. The Morgan fingerprint density at radius 1 is 1.18 bits per heavy atom. The molecular formula is C29H35N3O4S2. The molecule has 2 unspecified atom stereocenters. The van der Waals surface area contributed by atoms with Gasteiger partial charge in [0.2, 0.25) is 0 Å². The number of anilines is 1. The van der Waals surface area contributed by atoms with Gasteiger partial charge in [0, 0.05) is 65.5 Å². The Morgan fingerprint density at radius 2 is 1.97 bits per heavy atom. The number of aliphatic carboxylic acids is 1. The maximum absolute atomic E-state index is 11.6. The number of carbonyl (C=O) groups is 1. The molecule has 2 saturated heterocycles. The molecule has 3 heterocycles. The maximum Gasteiger partial charge on any atom is 0.306 e. The van der Waals surface area contributed by atoms with Crippen LogP contribution in [0.15, 0.2) is 47.8 Å². The summed E-state index contributed by atoms with van der Waals surface area (Å²) >= 11 is 1.60. The van der Waals surface area contributed by atoms with Gasteiger partial charge in [-0.05, 0) is 55.5 Å². The minimum atomic E-state index is -0.701. The summed E-state index contributed by atoms with van der Waals surface area (Å²) in [5, 5.41) is 12.4. The number of thiazole rings is 1. The highest BCUT2D eigenvalue weighted by atomic mass is 32.2. The summed E-state index contributed by atoms with van der Waals surface area (Å²) < 4.78 is 17.9. The third kappa shape index (κ3) is 6.27. The zero-order valence-corrected chi connectivity index (χ0v) is 23.6. The number of para-hydroxylation sites is 1. The Bertz CT molecular complexity index is 1300. The number of ether oxygens (including phenoxy) is 1. The van der Waals surface area contributed by atoms with Crippen molar-refractivity contribution in [3.8, 4) is 17.0 Å². The number of aryl methyl sites for hydroxylation is 1. The number of nitrogens with zero attached hydrogens (tertiary/aromatic N) is 3. The lowest BCUT2D eigenvalue weighted by atomic mass is 9.92. The van der Waals surface area contributed by atoms with Crippen LogP contribution in [-0.2, 0) is 28.7 Å². The Hall–Kier alpha value is -2.75. The predicted octanol–water partition coefficient (Wildman–Crippen LogP) is 4.95. The van der Waals surface area contributed by atoms with Crippen molar-refractivity contribution in [1.82, 2.24) is 9.88 Å². The van der Waals surface area contributed by atoms with Crippen molar-refractivity contribution >= 4 is 33.2 Å². The molecule has 202 valence electrons. The van der Waals surface area contributed by atoms with Crippen LogP contribution >= 0.6 is 11.3 Å². The fourth-order valence-corrected chi connectivity index (χ4v) is 7.35. The van der Waals surface area contributed by atoms with Gasteiger partial charge < -0.3 is 14.7 Å². The number of rotatable bonds is 8. The second kappa shape index (κ2) is 12.0. The molecule has 3 aromatic rings. The van der Waals surface area contributed by atoms with Crippen LogP contribution in [0.5, 0.6) is 5.75 Å². The number of piperidine rings is 1. The topological polar surface area (TPSA) is 83.0 Å². The minimum Gasteiger partial charge on any atom is -0.488 e. The molecule has 0 radical (unpaired) electrons. The highest BCUT2D eigenvalue weighted by Crippen LogP contribution is 2.36. The maximum atomic E-state index is 11.6. The molecule has 2 atom stereocenters. The summed E-state index contributed by atoms with van der Waals surface area (Å²) in [5.74, 6) is 1.36. The Balaban J connectivity index is 1.24. The third-order valence-corrected chi connectivity index (χ3v) is 9.75. The van der Waals surface area contributed by atoms with E-state index < -0.39 is 16.8 Å². The van der Waals surface area contributed by atoms with Crippen molar-refractivity contribution in [3.63, 3.8) is 0 Å². The first-order valence-corrected chi connectivity index (χ1v) is 15.6. The molecule has 0 saturated carbocycles. The van der Waals surface area contributed by atoms with E-state index in [2.05, 4.69) is 47.2 Å². The first-order valence-electron chi connectivity index (χ1n) is 13.2. The monoisotopic (exact) mass is 553 g/mol. The van der Waals surface area contributed by atoms with Crippen LogP contribution in [0.2, 0.25) is 0 Å². The quantitative estimate of drug-likeness (QED) is 0.423. The van der Waals surface area contributed by atoms with Crippen LogP contribution in [0, 0.1) is 12.8 Å². The summed E-state index contributed by atoms with van der Waals surface area (Å²) in [6.07, 6.45) is 1.28. The molecule has 7 nitrogen and oxygen atoms in total. The number of aromatic nitrogens is 1. The zero-order chi connectivity index (χ0) is 26.6. The van der Waals surface area contributed by atoms with E-state index in [0.717, 1.165) is 58.8 Å². The van der Waals surface area contributed by atoms with Crippen LogP contribution in [0.4, 0.5) is 5.13 Å². The highest BCUT2D eigenvalue weighted by molar-refractivity contribution is 7.85. The van der Waals surface area contributed by atoms with Crippen LogP contribution in [0.3, 0.4) is 0 Å². The molecule has 2 aromatic carbocycles. The van der Waals surface area contributed by atoms with Gasteiger partial charge in [-0.2, -0.15) is 0 Å². The molecule has 2 aliphatic heterocycles. The molecule has 0 spiro atoms. The molecule has 0 amide bonds. The fraction of sp³-hybridized carbons (Fsp3) is 0.448. The number of hydrogen-bond acceptors (Lipinski definition) is 7. The molecule has 1 aromatic heterocycles. The lowest BCUT2D eigenvalue weighted by Crippen LogP contribution is -2.42. The van der Waals surface area contributed by atoms with Gasteiger partial charge in [-0.25, -0.2) is 4.98 Å². The lowest BCUT2D eigenvalue weighted by Gasteiger charge is -2.36. The minimum absolute atomic E-state index is 0.139. The third-order valence-electron chi connectivity index (χ3n) is 7.59. The van der Waals surface area contributed by atoms with Crippen molar-refractivity contribution in [2.24, 2.45) is 5.92 Å². The van der Waals surface area contributed by atoms with E-state index in [9.17, 15) is 14.1 Å². The summed E-state index contributed by atoms with van der Waals surface area (Å²) in [5.41, 5.74) is 5.46. The first kappa shape index (κ1) is 26.8. The molecule has 38 heavy (non-hydrogen) atoms. The van der Waals surface area contributed by atoms with Gasteiger partial charge in [-0.3, -0.25) is 13.9 Å². The van der Waals surface area contributed by atoms with Gasteiger partial charge in [-0.15, -0.1) is 11.3 Å². The largest absolute Gasteiger partial charge is 0.488 e. The van der Waals surface area contributed by atoms with Crippen molar-refractivity contribution < 1.29 is 18.8 Å². The van der Waals surface area contributed by atoms with E-state index in [4.69, 9.17) is 9.72 Å². The Labute approximate surface area is 230 Å². The molecule has 0 aliphatic carbocycles. The van der Waals surface area contributed by atoms with E-state index in [1.54, 1.807) is 11.3 Å². The average Bonchev–Trinajstić information content (AvgIpc) is 3.39. The van der Waals surface area contributed by atoms with E-state index in [1.165, 1.54) is 11.1 Å². The number of carboxylic acids is 1. The molecule has 9 heteroatoms. The smallest absolute Gasteiger partial charge is 0.306 e. The van der Waals surface area contributed by atoms with E-state index in [0.29, 0.717) is 26.0 Å². The lowest BCUT2D eigenvalue weighted by molar-refractivity contribution is -0.142. The standard InChI is InChI=1S/C29H35N3O4S2/c1-20-15-22(17-31-11-13-38(35)14-12-31)7-8-24(20)18-36-27-6-4-3-5-25(27)26-19-37-29(30-26)32-10-9-23(28(33)34)16-21(32)2/h3-8,15,19,21,23H,9-14,16-18H2,1-2H3,(H,33,34). The SMILES string of the molecule is Cc1cc(CN2CCS(=O)CC2)ccc1COc1ccccc1-c1csc(N2CCC(C(=O)O)CC2C)n1. The number of hydrogen-bond donors (Lipinski definition) is 1. The fourth-order valence-electron chi connectivity index (χ4n) is 5.27. The van der Waals surface area contributed by atoms with Crippen molar-refractivity contribution in [2.45, 2.75) is 45.9 Å². The molecular weight excluding hydrogens is 518 g/mol. The van der Waals surface area contributed by atoms with Gasteiger partial charge in [0.05, 0.1) is 11.6 Å². The van der Waals surface area contributed by atoms with E-state index >= 15 is 0 Å². The first-order chi connectivity index (χ1) is 18.4. The molecule has 0 bridgehead atoms. The highest BCUT2D eigenvalue weighted by Gasteiger charge is 2.31. The van der Waals surface area contributed by atoms with Crippen LogP contribution in [-0.4, -0.2) is 62.4 Å². The van der Waals surface area contributed by atoms with Crippen molar-refractivity contribution in [2.75, 3.05) is 36.0 Å². The summed E-state index contributed by atoms with van der Waals surface area (Å²) in [6.45, 7) is 8.06. The van der Waals surface area contributed by atoms with Gasteiger partial charge in [0.25, 0.3) is 0 Å². The normalized spacial score (nSPS) is 20.9. The molecule has 5 rings (SSSR count). The Kier molecular flexibility index (Phi) is 8.45. The van der Waals surface area contributed by atoms with Gasteiger partial charge >= 0.3 is 5.97 Å². The van der Waals surface area contributed by atoms with E-state index in [1.807, 2.05) is 24.3 Å². The molecule has 2 fully saturated rings. The summed E-state index contributed by atoms with van der Waals surface area (Å²) in [6, 6.07) is 14.7. The Morgan fingerprint density at radius 3 is 2.71 bits per heavy atom.